The Hall–Kier alpha value is -3.94. The second kappa shape index (κ2) is 8.43. The third kappa shape index (κ3) is 3.79. The normalized spacial score (nSPS) is 11.0. The van der Waals surface area contributed by atoms with Gasteiger partial charge < -0.3 is 14.0 Å². The van der Waals surface area contributed by atoms with Crippen molar-refractivity contribution in [2.75, 3.05) is 13.7 Å². The molecule has 4 rings (SSSR count). The van der Waals surface area contributed by atoms with E-state index in [1.54, 1.807) is 43.0 Å². The predicted molar refractivity (Wildman–Crippen MR) is 115 cm³/mol. The average molecular weight is 418 g/mol. The molecule has 1 aromatic carbocycles. The molecule has 0 bridgehead atoms. The fourth-order valence-electron chi connectivity index (χ4n) is 3.50. The molecule has 158 valence electrons. The zero-order valence-electron chi connectivity index (χ0n) is 17.3. The van der Waals surface area contributed by atoms with Gasteiger partial charge >= 0.3 is 5.97 Å². The number of benzene rings is 1. The van der Waals surface area contributed by atoms with E-state index in [0.29, 0.717) is 24.3 Å². The van der Waals surface area contributed by atoms with Gasteiger partial charge in [0.05, 0.1) is 19.1 Å². The number of pyridine rings is 2. The number of methoxy groups -OCH3 is 1. The number of carbonyl (C=O) groups is 1. The fourth-order valence-corrected chi connectivity index (χ4v) is 3.50. The van der Waals surface area contributed by atoms with E-state index in [2.05, 4.69) is 4.98 Å². The Morgan fingerprint density at radius 2 is 1.94 bits per heavy atom. The van der Waals surface area contributed by atoms with Gasteiger partial charge in [-0.3, -0.25) is 14.6 Å². The zero-order valence-corrected chi connectivity index (χ0v) is 17.3. The quantitative estimate of drug-likeness (QED) is 0.383. The zero-order chi connectivity index (χ0) is 22.0. The van der Waals surface area contributed by atoms with Gasteiger partial charge in [-0.1, -0.05) is 18.2 Å². The first kappa shape index (κ1) is 20.3. The highest BCUT2D eigenvalue weighted by Gasteiger charge is 2.18. The number of esters is 1. The van der Waals surface area contributed by atoms with Gasteiger partial charge in [0.1, 0.15) is 28.1 Å². The van der Waals surface area contributed by atoms with Crippen molar-refractivity contribution < 1.29 is 14.3 Å². The van der Waals surface area contributed by atoms with Crippen molar-refractivity contribution in [3.63, 3.8) is 0 Å². The first-order valence-electron chi connectivity index (χ1n) is 9.93. The van der Waals surface area contributed by atoms with Gasteiger partial charge in [-0.25, -0.2) is 9.78 Å². The number of ether oxygens (including phenoxy) is 2. The summed E-state index contributed by atoms with van der Waals surface area (Å²) in [6.45, 7) is 2.24. The van der Waals surface area contributed by atoms with Crippen molar-refractivity contribution in [1.29, 1.82) is 5.41 Å². The molecule has 0 aliphatic carbocycles. The number of aryl methyl sites for hydroxylation is 2. The summed E-state index contributed by atoms with van der Waals surface area (Å²) in [6.07, 6.45) is 2.21. The summed E-state index contributed by atoms with van der Waals surface area (Å²) in [4.78, 5) is 30.2. The molecule has 8 nitrogen and oxygen atoms in total. The summed E-state index contributed by atoms with van der Waals surface area (Å²) >= 11 is 0. The number of aromatic nitrogens is 3. The summed E-state index contributed by atoms with van der Waals surface area (Å²) in [5, 5.41) is 8.90. The highest BCUT2D eigenvalue weighted by atomic mass is 16.5. The molecule has 31 heavy (non-hydrogen) atoms. The number of nitrogens with one attached hydrogen (secondary N) is 1. The van der Waals surface area contributed by atoms with Gasteiger partial charge in [0, 0.05) is 12.7 Å². The van der Waals surface area contributed by atoms with Crippen molar-refractivity contribution in [3.8, 4) is 5.75 Å². The minimum atomic E-state index is -0.634. The number of carbonyl (C=O) groups excluding carboxylic acids is 1. The maximum Gasteiger partial charge on any atom is 0.341 e. The van der Waals surface area contributed by atoms with Crippen molar-refractivity contribution in [3.05, 3.63) is 81.7 Å². The highest BCUT2D eigenvalue weighted by molar-refractivity contribution is 5.93. The molecule has 0 aliphatic rings. The van der Waals surface area contributed by atoms with Crippen LogP contribution in [0.2, 0.25) is 0 Å². The van der Waals surface area contributed by atoms with Gasteiger partial charge in [0.25, 0.3) is 5.56 Å². The SMILES string of the molecule is CCOC(=O)c1cc2c(=O)n3ccccc3nc2n(CCc2ccc(OC)cc2)c1=N. The van der Waals surface area contributed by atoms with Crippen LogP contribution in [-0.2, 0) is 17.7 Å². The molecule has 3 heterocycles. The van der Waals surface area contributed by atoms with Crippen molar-refractivity contribution >= 4 is 22.6 Å². The van der Waals surface area contributed by atoms with E-state index in [1.807, 2.05) is 24.3 Å². The minimum Gasteiger partial charge on any atom is -0.497 e. The van der Waals surface area contributed by atoms with Crippen LogP contribution in [0.3, 0.4) is 0 Å². The first-order valence-corrected chi connectivity index (χ1v) is 9.93. The van der Waals surface area contributed by atoms with Crippen LogP contribution in [0.25, 0.3) is 16.7 Å². The van der Waals surface area contributed by atoms with E-state index in [-0.39, 0.29) is 28.6 Å². The Morgan fingerprint density at radius 1 is 1.16 bits per heavy atom. The summed E-state index contributed by atoms with van der Waals surface area (Å²) in [5.74, 6) is 0.124. The van der Waals surface area contributed by atoms with Crippen molar-refractivity contribution in [2.24, 2.45) is 0 Å². The molecule has 0 aliphatic heterocycles. The lowest BCUT2D eigenvalue weighted by atomic mass is 10.1. The first-order chi connectivity index (χ1) is 15.0. The Kier molecular flexibility index (Phi) is 5.53. The van der Waals surface area contributed by atoms with Gasteiger partial charge in [0.2, 0.25) is 0 Å². The van der Waals surface area contributed by atoms with Crippen LogP contribution in [0.1, 0.15) is 22.8 Å². The van der Waals surface area contributed by atoms with Crippen molar-refractivity contribution in [1.82, 2.24) is 14.0 Å². The standard InChI is InChI=1S/C23H22N4O4/c1-3-31-23(29)17-14-18-21(25-19-6-4-5-12-26(19)22(18)28)27(20(17)24)13-11-15-7-9-16(30-2)10-8-15/h4-10,12,14,24H,3,11,13H2,1-2H3. The molecule has 8 heteroatoms. The van der Waals surface area contributed by atoms with Crippen LogP contribution in [0.4, 0.5) is 0 Å². The average Bonchev–Trinajstić information content (AvgIpc) is 2.79. The van der Waals surface area contributed by atoms with E-state index in [4.69, 9.17) is 14.9 Å². The van der Waals surface area contributed by atoms with E-state index in [0.717, 1.165) is 11.3 Å². The van der Waals surface area contributed by atoms with Crippen LogP contribution in [0.15, 0.2) is 59.5 Å². The Labute approximate surface area is 177 Å². The lowest BCUT2D eigenvalue weighted by Crippen LogP contribution is -2.31. The molecule has 4 aromatic rings. The summed E-state index contributed by atoms with van der Waals surface area (Å²) in [5.41, 5.74) is 1.57. The van der Waals surface area contributed by atoms with Crippen LogP contribution in [-0.4, -0.2) is 33.6 Å². The van der Waals surface area contributed by atoms with Crippen LogP contribution in [0, 0.1) is 5.41 Å². The molecular formula is C23H22N4O4. The molecule has 0 saturated carbocycles. The molecule has 3 aromatic heterocycles. The summed E-state index contributed by atoms with van der Waals surface area (Å²) < 4.78 is 13.3. The number of hydrogen-bond acceptors (Lipinski definition) is 6. The summed E-state index contributed by atoms with van der Waals surface area (Å²) in [7, 11) is 1.61. The van der Waals surface area contributed by atoms with Crippen molar-refractivity contribution in [2.45, 2.75) is 19.9 Å². The maximum atomic E-state index is 13.1. The Bertz CT molecular complexity index is 1390. The van der Waals surface area contributed by atoms with Crippen LogP contribution < -0.4 is 15.8 Å². The monoisotopic (exact) mass is 418 g/mol. The van der Waals surface area contributed by atoms with Crippen LogP contribution in [0.5, 0.6) is 5.75 Å². The largest absolute Gasteiger partial charge is 0.497 e. The topological polar surface area (TPSA) is 98.7 Å². The number of rotatable bonds is 6. The molecule has 0 amide bonds. The minimum absolute atomic E-state index is 0.0355. The fraction of sp³-hybridized carbons (Fsp3) is 0.217. The molecule has 0 spiro atoms. The highest BCUT2D eigenvalue weighted by Crippen LogP contribution is 2.14. The number of fused-ring (bicyclic) bond motifs is 2. The molecule has 0 unspecified atom stereocenters. The Balaban J connectivity index is 1.89. The van der Waals surface area contributed by atoms with E-state index < -0.39 is 5.97 Å². The third-order valence-corrected chi connectivity index (χ3v) is 5.10. The number of nitrogens with zero attached hydrogens (tertiary/aromatic N) is 3. The summed E-state index contributed by atoms with van der Waals surface area (Å²) in [6, 6.07) is 14.3. The molecule has 0 radical (unpaired) electrons. The Morgan fingerprint density at radius 3 is 2.65 bits per heavy atom. The molecular weight excluding hydrogens is 396 g/mol. The van der Waals surface area contributed by atoms with Gasteiger partial charge in [-0.2, -0.15) is 0 Å². The van der Waals surface area contributed by atoms with Gasteiger partial charge in [-0.15, -0.1) is 0 Å². The van der Waals surface area contributed by atoms with E-state index in [9.17, 15) is 9.59 Å². The van der Waals surface area contributed by atoms with Gasteiger partial charge in [0.15, 0.2) is 0 Å². The third-order valence-electron chi connectivity index (χ3n) is 5.10. The van der Waals surface area contributed by atoms with E-state index >= 15 is 0 Å². The number of hydrogen-bond donors (Lipinski definition) is 1. The molecule has 1 N–H and O–H groups in total. The molecule has 0 saturated heterocycles. The smallest absolute Gasteiger partial charge is 0.341 e. The molecule has 0 fully saturated rings. The predicted octanol–water partition coefficient (Wildman–Crippen LogP) is 2.56. The lowest BCUT2D eigenvalue weighted by molar-refractivity contribution is 0.0523. The molecule has 0 atom stereocenters. The second-order valence-electron chi connectivity index (χ2n) is 6.96. The van der Waals surface area contributed by atoms with Crippen LogP contribution >= 0.6 is 0 Å². The second-order valence-corrected chi connectivity index (χ2v) is 6.96. The van der Waals surface area contributed by atoms with E-state index in [1.165, 1.54) is 10.5 Å². The lowest BCUT2D eigenvalue weighted by Gasteiger charge is -2.14. The van der Waals surface area contributed by atoms with Gasteiger partial charge in [-0.05, 0) is 49.2 Å². The maximum absolute atomic E-state index is 13.1.